The van der Waals surface area contributed by atoms with Crippen molar-refractivity contribution in [1.29, 1.82) is 0 Å². The van der Waals surface area contributed by atoms with Crippen molar-refractivity contribution in [3.05, 3.63) is 61.1 Å². The Labute approximate surface area is 131 Å². The number of fused-ring (bicyclic) bond motifs is 1. The van der Waals surface area contributed by atoms with Gasteiger partial charge in [0, 0.05) is 37.2 Å². The van der Waals surface area contributed by atoms with Gasteiger partial charge in [0.1, 0.15) is 0 Å². The Balaban J connectivity index is 2.16. The average Bonchev–Trinajstić information content (AvgIpc) is 3.04. The number of aromatic nitrogens is 2. The zero-order valence-corrected chi connectivity index (χ0v) is 13.0. The molecule has 1 aliphatic rings. The number of anilines is 1. The Hall–Kier alpha value is -2.33. The number of morpholine rings is 1. The topological polar surface area (TPSA) is 29.8 Å². The van der Waals surface area contributed by atoms with Crippen molar-refractivity contribution in [3.63, 3.8) is 0 Å². The lowest BCUT2D eigenvalue weighted by atomic mass is 10.0. The first-order chi connectivity index (χ1) is 10.7. The summed E-state index contributed by atoms with van der Waals surface area (Å²) < 4.78 is 7.53. The van der Waals surface area contributed by atoms with E-state index in [1.165, 1.54) is 0 Å². The molecule has 0 bridgehead atoms. The molecule has 2 aromatic rings. The van der Waals surface area contributed by atoms with Gasteiger partial charge >= 0.3 is 0 Å². The molecule has 0 N–H and O–H groups in total. The summed E-state index contributed by atoms with van der Waals surface area (Å²) in [6.07, 6.45) is 9.66. The van der Waals surface area contributed by atoms with Crippen LogP contribution in [0.2, 0.25) is 0 Å². The van der Waals surface area contributed by atoms with Crippen LogP contribution in [0.4, 0.5) is 5.69 Å². The zero-order chi connectivity index (χ0) is 15.5. The lowest BCUT2D eigenvalue weighted by Gasteiger charge is -2.29. The van der Waals surface area contributed by atoms with Crippen molar-refractivity contribution in [2.75, 3.05) is 31.2 Å². The normalized spacial score (nSPS) is 16.5. The molecule has 0 amide bonds. The van der Waals surface area contributed by atoms with E-state index in [4.69, 9.17) is 4.74 Å². The summed E-state index contributed by atoms with van der Waals surface area (Å²) in [6.45, 7) is 13.2. The second-order valence-corrected chi connectivity index (χ2v) is 5.38. The molecule has 4 heteroatoms. The fraction of sp³-hybridized carbons (Fsp3) is 0.278. The highest BCUT2D eigenvalue weighted by Gasteiger charge is 2.17. The molecule has 1 saturated heterocycles. The summed E-state index contributed by atoms with van der Waals surface area (Å²) in [5.41, 5.74) is 5.45. The number of nitrogens with zero attached hydrogens (tertiary/aromatic N) is 3. The summed E-state index contributed by atoms with van der Waals surface area (Å²) in [5.74, 6) is 0. The maximum Gasteiger partial charge on any atom is 0.160 e. The Bertz CT molecular complexity index is 736. The Kier molecular flexibility index (Phi) is 4.11. The number of ether oxygens (including phenoxy) is 1. The van der Waals surface area contributed by atoms with E-state index in [0.29, 0.717) is 0 Å². The van der Waals surface area contributed by atoms with Gasteiger partial charge in [-0.2, -0.15) is 0 Å². The van der Waals surface area contributed by atoms with Gasteiger partial charge < -0.3 is 14.0 Å². The van der Waals surface area contributed by atoms with Crippen LogP contribution in [0.5, 0.6) is 0 Å². The predicted molar refractivity (Wildman–Crippen MR) is 91.2 cm³/mol. The minimum absolute atomic E-state index is 0.757. The molecule has 3 heterocycles. The monoisotopic (exact) mass is 295 g/mol. The molecule has 1 aliphatic heterocycles. The number of allylic oxidation sites excluding steroid dienone is 4. The maximum atomic E-state index is 5.46. The highest BCUT2D eigenvalue weighted by molar-refractivity contribution is 5.82. The molecule has 114 valence electrons. The maximum absolute atomic E-state index is 5.46. The van der Waals surface area contributed by atoms with Gasteiger partial charge in [0.15, 0.2) is 5.65 Å². The van der Waals surface area contributed by atoms with Crippen LogP contribution >= 0.6 is 0 Å². The van der Waals surface area contributed by atoms with Gasteiger partial charge in [-0.05, 0) is 24.1 Å². The first kappa shape index (κ1) is 14.6. The van der Waals surface area contributed by atoms with Crippen molar-refractivity contribution in [2.24, 2.45) is 0 Å². The number of hydrogen-bond donors (Lipinski definition) is 0. The van der Waals surface area contributed by atoms with E-state index in [1.54, 1.807) is 0 Å². The van der Waals surface area contributed by atoms with E-state index < -0.39 is 0 Å². The SMILES string of the molecule is C=CC(C)=C(C=C)c1cc(N2CCOCC2)c2nccn2c1. The van der Waals surface area contributed by atoms with Crippen LogP contribution in [0.15, 0.2) is 55.5 Å². The second kappa shape index (κ2) is 6.20. The molecule has 0 aromatic carbocycles. The van der Waals surface area contributed by atoms with E-state index in [1.807, 2.05) is 24.5 Å². The van der Waals surface area contributed by atoms with Gasteiger partial charge in [-0.25, -0.2) is 4.98 Å². The van der Waals surface area contributed by atoms with Gasteiger partial charge in [0.05, 0.1) is 18.9 Å². The van der Waals surface area contributed by atoms with Crippen molar-refractivity contribution in [1.82, 2.24) is 9.38 Å². The summed E-state index contributed by atoms with van der Waals surface area (Å²) in [6, 6.07) is 2.19. The molecule has 2 aromatic heterocycles. The molecule has 0 radical (unpaired) electrons. The minimum Gasteiger partial charge on any atom is -0.378 e. The van der Waals surface area contributed by atoms with E-state index in [-0.39, 0.29) is 0 Å². The molecule has 0 aliphatic carbocycles. The van der Waals surface area contributed by atoms with Gasteiger partial charge in [-0.15, -0.1) is 0 Å². The van der Waals surface area contributed by atoms with Crippen LogP contribution < -0.4 is 4.90 Å². The molecule has 3 rings (SSSR count). The van der Waals surface area contributed by atoms with Gasteiger partial charge in [0.25, 0.3) is 0 Å². The smallest absolute Gasteiger partial charge is 0.160 e. The second-order valence-electron chi connectivity index (χ2n) is 5.38. The molecule has 22 heavy (non-hydrogen) atoms. The molecule has 0 unspecified atom stereocenters. The molecule has 0 spiro atoms. The van der Waals surface area contributed by atoms with Crippen LogP contribution in [-0.2, 0) is 4.74 Å². The lowest BCUT2D eigenvalue weighted by molar-refractivity contribution is 0.123. The Morgan fingerprint density at radius 1 is 1.27 bits per heavy atom. The van der Waals surface area contributed by atoms with E-state index >= 15 is 0 Å². The summed E-state index contributed by atoms with van der Waals surface area (Å²) in [7, 11) is 0. The van der Waals surface area contributed by atoms with Crippen molar-refractivity contribution < 1.29 is 4.74 Å². The predicted octanol–water partition coefficient (Wildman–Crippen LogP) is 3.32. The Morgan fingerprint density at radius 2 is 2.05 bits per heavy atom. The number of rotatable bonds is 4. The van der Waals surface area contributed by atoms with E-state index in [0.717, 1.165) is 54.3 Å². The first-order valence-electron chi connectivity index (χ1n) is 7.50. The summed E-state index contributed by atoms with van der Waals surface area (Å²) in [4.78, 5) is 6.84. The lowest BCUT2D eigenvalue weighted by Crippen LogP contribution is -2.36. The molecular weight excluding hydrogens is 274 g/mol. The van der Waals surface area contributed by atoms with Gasteiger partial charge in [-0.1, -0.05) is 25.3 Å². The Morgan fingerprint density at radius 3 is 2.73 bits per heavy atom. The quantitative estimate of drug-likeness (QED) is 0.811. The standard InChI is InChI=1S/C18H21N3O/c1-4-14(3)16(5-2)15-12-17(20-8-10-22-11-9-20)18-19-6-7-21(18)13-15/h4-7,12-13H,1-2,8-11H2,3H3. The largest absolute Gasteiger partial charge is 0.378 e. The van der Waals surface area contributed by atoms with Crippen LogP contribution in [0.1, 0.15) is 12.5 Å². The van der Waals surface area contributed by atoms with E-state index in [2.05, 4.69) is 46.6 Å². The minimum atomic E-state index is 0.757. The van der Waals surface area contributed by atoms with Gasteiger partial charge in [0.2, 0.25) is 0 Å². The highest BCUT2D eigenvalue weighted by atomic mass is 16.5. The molecule has 0 saturated carbocycles. The number of pyridine rings is 1. The molecular formula is C18H21N3O. The first-order valence-corrected chi connectivity index (χ1v) is 7.50. The van der Waals surface area contributed by atoms with Crippen LogP contribution in [0, 0.1) is 0 Å². The fourth-order valence-corrected chi connectivity index (χ4v) is 2.82. The molecule has 4 nitrogen and oxygen atoms in total. The molecule has 0 atom stereocenters. The third-order valence-corrected chi connectivity index (χ3v) is 4.07. The third kappa shape index (κ3) is 2.57. The zero-order valence-electron chi connectivity index (χ0n) is 13.0. The average molecular weight is 295 g/mol. The van der Waals surface area contributed by atoms with Gasteiger partial charge in [-0.3, -0.25) is 0 Å². The van der Waals surface area contributed by atoms with Crippen LogP contribution in [0.25, 0.3) is 11.2 Å². The van der Waals surface area contributed by atoms with Crippen molar-refractivity contribution >= 4 is 16.9 Å². The molecule has 1 fully saturated rings. The summed E-state index contributed by atoms with van der Waals surface area (Å²) in [5, 5.41) is 0. The third-order valence-electron chi connectivity index (χ3n) is 4.07. The van der Waals surface area contributed by atoms with Crippen molar-refractivity contribution in [2.45, 2.75) is 6.92 Å². The van der Waals surface area contributed by atoms with Crippen molar-refractivity contribution in [3.8, 4) is 0 Å². The number of hydrogen-bond acceptors (Lipinski definition) is 3. The van der Waals surface area contributed by atoms with Crippen LogP contribution in [0.3, 0.4) is 0 Å². The highest BCUT2D eigenvalue weighted by Crippen LogP contribution is 2.28. The number of imidazole rings is 1. The van der Waals surface area contributed by atoms with Crippen LogP contribution in [-0.4, -0.2) is 35.7 Å². The fourth-order valence-electron chi connectivity index (χ4n) is 2.82. The van der Waals surface area contributed by atoms with E-state index in [9.17, 15) is 0 Å². The summed E-state index contributed by atoms with van der Waals surface area (Å²) >= 11 is 0.